The number of anilines is 2. The molecule has 0 heterocycles. The second-order valence-corrected chi connectivity index (χ2v) is 5.29. The van der Waals surface area contributed by atoms with Crippen LogP contribution in [0, 0.1) is 13.8 Å². The molecule has 0 fully saturated rings. The van der Waals surface area contributed by atoms with Gasteiger partial charge in [-0.15, -0.1) is 0 Å². The van der Waals surface area contributed by atoms with E-state index in [1.165, 1.54) is 14.2 Å². The average molecular weight is 328 g/mol. The molecule has 0 saturated heterocycles. The van der Waals surface area contributed by atoms with Gasteiger partial charge in [0.1, 0.15) is 0 Å². The molecule has 0 aromatic heterocycles. The monoisotopic (exact) mass is 328 g/mol. The molecule has 2 rings (SSSR count). The number of ether oxygens (including phenoxy) is 2. The zero-order chi connectivity index (χ0) is 17.7. The van der Waals surface area contributed by atoms with Gasteiger partial charge in [-0.05, 0) is 60.4 Å². The maximum absolute atomic E-state index is 11.3. The summed E-state index contributed by atoms with van der Waals surface area (Å²) in [5, 5.41) is 5.33. The lowest BCUT2D eigenvalue weighted by atomic mass is 10.00. The quantitative estimate of drug-likeness (QED) is 0.879. The summed E-state index contributed by atoms with van der Waals surface area (Å²) < 4.78 is 9.20. The molecule has 24 heavy (non-hydrogen) atoms. The Kier molecular flexibility index (Phi) is 5.42. The van der Waals surface area contributed by atoms with Crippen molar-refractivity contribution >= 4 is 23.6 Å². The molecule has 0 radical (unpaired) electrons. The summed E-state index contributed by atoms with van der Waals surface area (Å²) in [6, 6.07) is 11.5. The van der Waals surface area contributed by atoms with E-state index in [9.17, 15) is 9.59 Å². The van der Waals surface area contributed by atoms with E-state index in [-0.39, 0.29) is 0 Å². The summed E-state index contributed by atoms with van der Waals surface area (Å²) in [6.45, 7) is 3.82. The molecule has 0 aliphatic heterocycles. The summed E-state index contributed by atoms with van der Waals surface area (Å²) >= 11 is 0. The minimum Gasteiger partial charge on any atom is -0.453 e. The SMILES string of the molecule is COC(=O)Nc1ccc(-c2ccc(NC(=O)OC)c(C)c2)cc1C. The first-order chi connectivity index (χ1) is 11.4. The first-order valence-electron chi connectivity index (χ1n) is 7.36. The van der Waals surface area contributed by atoms with Gasteiger partial charge < -0.3 is 9.47 Å². The van der Waals surface area contributed by atoms with Gasteiger partial charge in [-0.25, -0.2) is 9.59 Å². The largest absolute Gasteiger partial charge is 0.453 e. The highest BCUT2D eigenvalue weighted by atomic mass is 16.5. The molecule has 126 valence electrons. The highest BCUT2D eigenvalue weighted by Gasteiger charge is 2.08. The third-order valence-corrected chi connectivity index (χ3v) is 3.63. The molecule has 2 amide bonds. The highest BCUT2D eigenvalue weighted by Crippen LogP contribution is 2.28. The molecule has 0 aliphatic carbocycles. The Labute approximate surface area is 140 Å². The molecule has 2 N–H and O–H groups in total. The maximum Gasteiger partial charge on any atom is 0.411 e. The molecule has 0 atom stereocenters. The number of aryl methyl sites for hydroxylation is 2. The van der Waals surface area contributed by atoms with Crippen LogP contribution in [0.1, 0.15) is 11.1 Å². The van der Waals surface area contributed by atoms with Gasteiger partial charge in [-0.2, -0.15) is 0 Å². The van der Waals surface area contributed by atoms with Gasteiger partial charge in [0.2, 0.25) is 0 Å². The lowest BCUT2D eigenvalue weighted by molar-refractivity contribution is 0.186. The minimum absolute atomic E-state index is 0.500. The Hall–Kier alpha value is -3.02. The second-order valence-electron chi connectivity index (χ2n) is 5.29. The van der Waals surface area contributed by atoms with E-state index in [1.54, 1.807) is 0 Å². The van der Waals surface area contributed by atoms with Crippen LogP contribution in [0.5, 0.6) is 0 Å². The number of hydrogen-bond acceptors (Lipinski definition) is 4. The smallest absolute Gasteiger partial charge is 0.411 e. The number of amides is 2. The molecule has 0 bridgehead atoms. The molecule has 6 heteroatoms. The van der Waals surface area contributed by atoms with E-state index in [0.717, 1.165) is 22.3 Å². The minimum atomic E-state index is -0.500. The standard InChI is InChI=1S/C18H20N2O4/c1-11-9-13(5-7-15(11)19-17(21)23-3)14-6-8-16(12(2)10-14)20-18(22)24-4/h5-10H,1-4H3,(H,19,21)(H,20,22). The molecule has 0 aliphatic rings. The van der Waals surface area contributed by atoms with Crippen molar-refractivity contribution in [1.29, 1.82) is 0 Å². The average Bonchev–Trinajstić information content (AvgIpc) is 2.58. The summed E-state index contributed by atoms with van der Waals surface area (Å²) in [5.41, 5.74) is 5.27. The van der Waals surface area contributed by atoms with E-state index in [1.807, 2.05) is 50.2 Å². The Morgan fingerprint density at radius 1 is 0.750 bits per heavy atom. The van der Waals surface area contributed by atoms with Crippen LogP contribution in [0.2, 0.25) is 0 Å². The van der Waals surface area contributed by atoms with Crippen LogP contribution in [0.15, 0.2) is 36.4 Å². The first-order valence-corrected chi connectivity index (χ1v) is 7.36. The van der Waals surface area contributed by atoms with Crippen molar-refractivity contribution < 1.29 is 19.1 Å². The molecule has 0 saturated carbocycles. The number of methoxy groups -OCH3 is 2. The lowest BCUT2D eigenvalue weighted by Crippen LogP contribution is -2.12. The van der Waals surface area contributed by atoms with Crippen LogP contribution in [0.3, 0.4) is 0 Å². The Morgan fingerprint density at radius 3 is 1.42 bits per heavy atom. The molecular weight excluding hydrogens is 308 g/mol. The summed E-state index contributed by atoms with van der Waals surface area (Å²) in [6.07, 6.45) is -1.00. The molecular formula is C18H20N2O4. The van der Waals surface area contributed by atoms with Crippen LogP contribution in [-0.2, 0) is 9.47 Å². The fourth-order valence-electron chi connectivity index (χ4n) is 2.29. The van der Waals surface area contributed by atoms with E-state index in [4.69, 9.17) is 0 Å². The maximum atomic E-state index is 11.3. The van der Waals surface area contributed by atoms with Crippen LogP contribution < -0.4 is 10.6 Å². The van der Waals surface area contributed by atoms with Crippen LogP contribution in [-0.4, -0.2) is 26.4 Å². The Bertz CT molecular complexity index is 706. The van der Waals surface area contributed by atoms with Crippen molar-refractivity contribution in [3.05, 3.63) is 47.5 Å². The van der Waals surface area contributed by atoms with Gasteiger partial charge in [0.15, 0.2) is 0 Å². The van der Waals surface area contributed by atoms with Crippen LogP contribution in [0.25, 0.3) is 11.1 Å². The van der Waals surface area contributed by atoms with Crippen molar-refractivity contribution in [1.82, 2.24) is 0 Å². The summed E-state index contributed by atoms with van der Waals surface area (Å²) in [7, 11) is 2.65. The number of benzene rings is 2. The third-order valence-electron chi connectivity index (χ3n) is 3.63. The van der Waals surface area contributed by atoms with E-state index in [2.05, 4.69) is 20.1 Å². The topological polar surface area (TPSA) is 76.7 Å². The first kappa shape index (κ1) is 17.3. The van der Waals surface area contributed by atoms with Gasteiger partial charge in [0.25, 0.3) is 0 Å². The highest BCUT2D eigenvalue weighted by molar-refractivity contribution is 5.87. The zero-order valence-electron chi connectivity index (χ0n) is 14.1. The van der Waals surface area contributed by atoms with E-state index >= 15 is 0 Å². The fraction of sp³-hybridized carbons (Fsp3) is 0.222. The van der Waals surface area contributed by atoms with Crippen molar-refractivity contribution in [2.24, 2.45) is 0 Å². The van der Waals surface area contributed by atoms with Crippen molar-refractivity contribution in [2.75, 3.05) is 24.9 Å². The molecule has 2 aromatic rings. The number of carbonyl (C=O) groups excluding carboxylic acids is 2. The van der Waals surface area contributed by atoms with Crippen LogP contribution in [0.4, 0.5) is 21.0 Å². The normalized spacial score (nSPS) is 10.0. The molecule has 0 spiro atoms. The van der Waals surface area contributed by atoms with Gasteiger partial charge in [-0.3, -0.25) is 10.6 Å². The Balaban J connectivity index is 2.25. The third kappa shape index (κ3) is 4.04. The van der Waals surface area contributed by atoms with Crippen molar-refractivity contribution in [2.45, 2.75) is 13.8 Å². The zero-order valence-corrected chi connectivity index (χ0v) is 14.1. The number of nitrogens with one attached hydrogen (secondary N) is 2. The molecule has 0 unspecified atom stereocenters. The molecule has 6 nitrogen and oxygen atoms in total. The number of hydrogen-bond donors (Lipinski definition) is 2. The Morgan fingerprint density at radius 2 is 1.12 bits per heavy atom. The predicted molar refractivity (Wildman–Crippen MR) is 93.4 cm³/mol. The van der Waals surface area contributed by atoms with Gasteiger partial charge in [0.05, 0.1) is 14.2 Å². The number of rotatable bonds is 3. The fourth-order valence-corrected chi connectivity index (χ4v) is 2.29. The van der Waals surface area contributed by atoms with Gasteiger partial charge in [0, 0.05) is 11.4 Å². The van der Waals surface area contributed by atoms with Gasteiger partial charge >= 0.3 is 12.2 Å². The van der Waals surface area contributed by atoms with Gasteiger partial charge in [-0.1, -0.05) is 12.1 Å². The number of carbonyl (C=O) groups is 2. The summed E-state index contributed by atoms with van der Waals surface area (Å²) in [4.78, 5) is 22.6. The second kappa shape index (κ2) is 7.50. The van der Waals surface area contributed by atoms with E-state index < -0.39 is 12.2 Å². The van der Waals surface area contributed by atoms with Crippen LogP contribution >= 0.6 is 0 Å². The van der Waals surface area contributed by atoms with Crippen molar-refractivity contribution in [3.8, 4) is 11.1 Å². The molecule has 2 aromatic carbocycles. The van der Waals surface area contributed by atoms with Crippen molar-refractivity contribution in [3.63, 3.8) is 0 Å². The lowest BCUT2D eigenvalue weighted by Gasteiger charge is -2.12. The van der Waals surface area contributed by atoms with E-state index in [0.29, 0.717) is 11.4 Å². The summed E-state index contributed by atoms with van der Waals surface area (Å²) in [5.74, 6) is 0. The predicted octanol–water partition coefficient (Wildman–Crippen LogP) is 4.33.